The summed E-state index contributed by atoms with van der Waals surface area (Å²) < 4.78 is 0. The van der Waals surface area contributed by atoms with Crippen LogP contribution >= 0.6 is 0 Å². The standard InChI is InChI=1S/C39H52N6O6/c1-5-11-28(33(47)36(49)41-26-17-18-26)42-35(48)30-22-39(21-29(44-51-39)27-16-9-14-25-15-10-19-40-32(25)27)23-45(30)37(50)34(38(2,3)4)43-31(46)20-24-12-7-6-8-13-24/h9-10,14-16,19,24,26,28,30,34H,5-8,11-13,17-18,20-23H2,1-4H3,(H,41,49)(H,42,48)(H,43,46)/t28-,30-,34+,39+/m0/s1. The number of rotatable bonds is 12. The molecular formula is C39H52N6O6. The highest BCUT2D eigenvalue weighted by molar-refractivity contribution is 6.38. The minimum atomic E-state index is -1.04. The Morgan fingerprint density at radius 2 is 1.75 bits per heavy atom. The number of likely N-dealkylation sites (tertiary alicyclic amines) is 1. The van der Waals surface area contributed by atoms with Gasteiger partial charge in [0, 0.05) is 42.5 Å². The third kappa shape index (κ3) is 8.42. The molecule has 274 valence electrons. The molecule has 3 N–H and O–H groups in total. The van der Waals surface area contributed by atoms with E-state index in [1.54, 1.807) is 6.20 Å². The number of nitrogens with zero attached hydrogens (tertiary/aromatic N) is 3. The van der Waals surface area contributed by atoms with E-state index in [0.717, 1.165) is 55.0 Å². The van der Waals surface area contributed by atoms with Crippen molar-refractivity contribution >= 4 is 46.0 Å². The Morgan fingerprint density at radius 1 is 1.00 bits per heavy atom. The van der Waals surface area contributed by atoms with Gasteiger partial charge in [-0.05, 0) is 49.5 Å². The third-order valence-corrected chi connectivity index (χ3v) is 10.7. The van der Waals surface area contributed by atoms with E-state index in [4.69, 9.17) is 4.84 Å². The van der Waals surface area contributed by atoms with Crippen molar-refractivity contribution in [3.63, 3.8) is 0 Å². The van der Waals surface area contributed by atoms with E-state index in [2.05, 4.69) is 26.1 Å². The van der Waals surface area contributed by atoms with Crippen molar-refractivity contribution in [2.75, 3.05) is 6.54 Å². The SMILES string of the molecule is CCC[C@H](NC(=O)[C@@H]1C[C@]2(CC(c3cccc4cccnc34)=NO2)CN1C(=O)[C@@H](NC(=O)CC1CCCCC1)C(C)(C)C)C(=O)C(=O)NC1CC1. The Balaban J connectivity index is 1.26. The number of fused-ring (bicyclic) bond motifs is 1. The average Bonchev–Trinajstić information content (AvgIpc) is 3.71. The predicted molar refractivity (Wildman–Crippen MR) is 192 cm³/mol. The summed E-state index contributed by atoms with van der Waals surface area (Å²) >= 11 is 0. The average molecular weight is 701 g/mol. The summed E-state index contributed by atoms with van der Waals surface area (Å²) in [5.41, 5.74) is 0.556. The molecule has 1 aromatic heterocycles. The molecule has 4 aliphatic rings. The van der Waals surface area contributed by atoms with E-state index in [9.17, 15) is 24.0 Å². The summed E-state index contributed by atoms with van der Waals surface area (Å²) in [4.78, 5) is 80.6. The van der Waals surface area contributed by atoms with Crippen LogP contribution in [0.1, 0.15) is 110 Å². The van der Waals surface area contributed by atoms with Crippen LogP contribution in [0.5, 0.6) is 0 Å². The lowest BCUT2D eigenvalue weighted by molar-refractivity contribution is -0.145. The van der Waals surface area contributed by atoms with Crippen molar-refractivity contribution in [3.8, 4) is 0 Å². The zero-order chi connectivity index (χ0) is 36.3. The number of Topliss-reactive ketones (excluding diaryl/α,β-unsaturated/α-hetero) is 1. The monoisotopic (exact) mass is 700 g/mol. The molecule has 4 amide bonds. The molecule has 2 aliphatic carbocycles. The van der Waals surface area contributed by atoms with Gasteiger partial charge in [-0.15, -0.1) is 0 Å². The number of para-hydroxylation sites is 1. The highest BCUT2D eigenvalue weighted by Gasteiger charge is 2.56. The Hall–Kier alpha value is -4.35. The van der Waals surface area contributed by atoms with Crippen LogP contribution in [0.25, 0.3) is 10.9 Å². The first-order valence-electron chi connectivity index (χ1n) is 18.7. The Morgan fingerprint density at radius 3 is 2.45 bits per heavy atom. The number of nitrogens with one attached hydrogen (secondary N) is 3. The third-order valence-electron chi connectivity index (χ3n) is 10.7. The lowest BCUT2D eigenvalue weighted by Crippen LogP contribution is -2.59. The molecule has 12 nitrogen and oxygen atoms in total. The number of aromatic nitrogens is 1. The molecule has 12 heteroatoms. The van der Waals surface area contributed by atoms with Crippen LogP contribution < -0.4 is 16.0 Å². The van der Waals surface area contributed by atoms with Crippen molar-refractivity contribution in [1.82, 2.24) is 25.8 Å². The van der Waals surface area contributed by atoms with Gasteiger partial charge in [0.2, 0.25) is 23.5 Å². The van der Waals surface area contributed by atoms with Crippen LogP contribution in [0.2, 0.25) is 0 Å². The summed E-state index contributed by atoms with van der Waals surface area (Å²) in [5.74, 6) is -2.23. The molecule has 0 bridgehead atoms. The van der Waals surface area contributed by atoms with E-state index >= 15 is 0 Å². The number of ketones is 1. The van der Waals surface area contributed by atoms with Gasteiger partial charge in [-0.2, -0.15) is 0 Å². The normalized spacial score (nSPS) is 23.3. The van der Waals surface area contributed by atoms with Gasteiger partial charge in [0.1, 0.15) is 12.1 Å². The number of hydrogen-bond donors (Lipinski definition) is 3. The first-order valence-corrected chi connectivity index (χ1v) is 18.7. The van der Waals surface area contributed by atoms with Gasteiger partial charge in [0.25, 0.3) is 5.91 Å². The molecule has 1 aromatic carbocycles. The first-order chi connectivity index (χ1) is 24.4. The molecule has 6 rings (SSSR count). The van der Waals surface area contributed by atoms with Crippen LogP contribution in [0.15, 0.2) is 41.7 Å². The van der Waals surface area contributed by atoms with Gasteiger partial charge in [0.15, 0.2) is 5.60 Å². The van der Waals surface area contributed by atoms with E-state index < -0.39 is 52.6 Å². The van der Waals surface area contributed by atoms with E-state index in [-0.39, 0.29) is 31.3 Å². The summed E-state index contributed by atoms with van der Waals surface area (Å²) in [6.45, 7) is 7.61. The van der Waals surface area contributed by atoms with Gasteiger partial charge in [-0.3, -0.25) is 29.0 Å². The van der Waals surface area contributed by atoms with Gasteiger partial charge < -0.3 is 25.7 Å². The topological polar surface area (TPSA) is 159 Å². The Kier molecular flexibility index (Phi) is 10.8. The Labute approximate surface area is 299 Å². The minimum absolute atomic E-state index is 0.00414. The van der Waals surface area contributed by atoms with Crippen LogP contribution in [0.3, 0.4) is 0 Å². The molecular weight excluding hydrogens is 648 g/mol. The first kappa shape index (κ1) is 36.4. The lowest BCUT2D eigenvalue weighted by atomic mass is 9.84. The number of hydrogen-bond acceptors (Lipinski definition) is 8. The number of amides is 4. The molecule has 2 saturated carbocycles. The largest absolute Gasteiger partial charge is 0.387 e. The van der Waals surface area contributed by atoms with Gasteiger partial charge in [-0.25, -0.2) is 0 Å². The number of oxime groups is 1. The number of carbonyl (C=O) groups is 5. The molecule has 51 heavy (non-hydrogen) atoms. The van der Waals surface area contributed by atoms with Gasteiger partial charge in [-0.1, -0.05) is 82.8 Å². The molecule has 1 saturated heterocycles. The van der Waals surface area contributed by atoms with Gasteiger partial charge in [0.05, 0.1) is 23.8 Å². The van der Waals surface area contributed by atoms with Crippen molar-refractivity contribution in [3.05, 3.63) is 42.1 Å². The van der Waals surface area contributed by atoms with E-state index in [1.165, 1.54) is 11.3 Å². The highest BCUT2D eigenvalue weighted by atomic mass is 16.7. The molecule has 4 atom stereocenters. The van der Waals surface area contributed by atoms with Crippen molar-refractivity contribution in [1.29, 1.82) is 0 Å². The van der Waals surface area contributed by atoms with Crippen LogP contribution in [-0.4, -0.2) is 81.3 Å². The fourth-order valence-corrected chi connectivity index (χ4v) is 7.77. The number of benzene rings is 1. The molecule has 1 spiro atoms. The van der Waals surface area contributed by atoms with E-state index in [0.29, 0.717) is 30.9 Å². The summed E-state index contributed by atoms with van der Waals surface area (Å²) in [7, 11) is 0. The second-order valence-electron chi connectivity index (χ2n) is 16.1. The smallest absolute Gasteiger partial charge is 0.289 e. The maximum Gasteiger partial charge on any atom is 0.289 e. The van der Waals surface area contributed by atoms with Crippen molar-refractivity contribution < 1.29 is 28.8 Å². The van der Waals surface area contributed by atoms with Crippen LogP contribution in [-0.2, 0) is 28.8 Å². The number of carbonyl (C=O) groups excluding carboxylic acids is 5. The highest BCUT2D eigenvalue weighted by Crippen LogP contribution is 2.41. The molecule has 0 radical (unpaired) electrons. The van der Waals surface area contributed by atoms with Crippen LogP contribution in [0.4, 0.5) is 0 Å². The van der Waals surface area contributed by atoms with E-state index in [1.807, 2.05) is 58.0 Å². The second kappa shape index (κ2) is 15.1. The zero-order valence-electron chi connectivity index (χ0n) is 30.3. The zero-order valence-corrected chi connectivity index (χ0v) is 30.3. The summed E-state index contributed by atoms with van der Waals surface area (Å²) in [6.07, 6.45) is 10.4. The van der Waals surface area contributed by atoms with Crippen LogP contribution in [0, 0.1) is 11.3 Å². The quantitative estimate of drug-likeness (QED) is 0.278. The minimum Gasteiger partial charge on any atom is -0.387 e. The lowest BCUT2D eigenvalue weighted by Gasteiger charge is -2.36. The predicted octanol–water partition coefficient (Wildman–Crippen LogP) is 4.33. The fourth-order valence-electron chi connectivity index (χ4n) is 7.77. The summed E-state index contributed by atoms with van der Waals surface area (Å²) in [6, 6.07) is 6.70. The second-order valence-corrected chi connectivity index (χ2v) is 16.1. The maximum atomic E-state index is 14.7. The maximum absolute atomic E-state index is 14.7. The molecule has 3 fully saturated rings. The molecule has 2 aromatic rings. The van der Waals surface area contributed by atoms with Crippen molar-refractivity contribution in [2.45, 2.75) is 135 Å². The molecule has 3 heterocycles. The Bertz CT molecular complexity index is 1690. The summed E-state index contributed by atoms with van der Waals surface area (Å²) in [5, 5.41) is 14.1. The number of pyridine rings is 1. The van der Waals surface area contributed by atoms with Gasteiger partial charge >= 0.3 is 0 Å². The van der Waals surface area contributed by atoms with Crippen molar-refractivity contribution in [2.24, 2.45) is 16.5 Å². The molecule has 2 aliphatic heterocycles. The fraction of sp³-hybridized carbons (Fsp3) is 0.615. The molecule has 0 unspecified atom stereocenters.